The maximum absolute atomic E-state index is 6.24. The van der Waals surface area contributed by atoms with Crippen LogP contribution >= 0.6 is 0 Å². The minimum atomic E-state index is 0.345. The molecule has 0 aliphatic carbocycles. The van der Waals surface area contributed by atoms with Gasteiger partial charge in [0.25, 0.3) is 0 Å². The summed E-state index contributed by atoms with van der Waals surface area (Å²) in [5.74, 6) is 1.59. The zero-order valence-electron chi connectivity index (χ0n) is 16.1. The molecule has 3 N–H and O–H groups in total. The highest BCUT2D eigenvalue weighted by molar-refractivity contribution is 5.72. The Hall–Kier alpha value is -3.08. The Morgan fingerprint density at radius 2 is 1.70 bits per heavy atom. The number of ether oxygens (including phenoxy) is 1. The molecule has 0 spiro atoms. The Labute approximate surface area is 160 Å². The summed E-state index contributed by atoms with van der Waals surface area (Å²) in [6.45, 7) is 6.26. The SMILES string of the molecule is CCCCc1ccc(Nc2ncnc(Oc3cc(C)cc(C)c3)c2N)cc1. The van der Waals surface area contributed by atoms with Crippen molar-refractivity contribution in [2.24, 2.45) is 0 Å². The summed E-state index contributed by atoms with van der Waals surface area (Å²) in [5, 5.41) is 3.25. The van der Waals surface area contributed by atoms with Crippen molar-refractivity contribution in [3.63, 3.8) is 0 Å². The van der Waals surface area contributed by atoms with Gasteiger partial charge in [-0.3, -0.25) is 0 Å². The average Bonchev–Trinajstić information content (AvgIpc) is 2.63. The minimum Gasteiger partial charge on any atom is -0.437 e. The van der Waals surface area contributed by atoms with Crippen molar-refractivity contribution in [1.82, 2.24) is 9.97 Å². The second-order valence-corrected chi connectivity index (χ2v) is 6.79. The molecule has 5 heteroatoms. The van der Waals surface area contributed by atoms with E-state index in [1.54, 1.807) is 0 Å². The number of hydrogen-bond donors (Lipinski definition) is 2. The first-order chi connectivity index (χ1) is 13.0. The van der Waals surface area contributed by atoms with Gasteiger partial charge in [0.15, 0.2) is 5.82 Å². The first-order valence-electron chi connectivity index (χ1n) is 9.27. The summed E-state index contributed by atoms with van der Waals surface area (Å²) in [6, 6.07) is 14.3. The summed E-state index contributed by atoms with van der Waals surface area (Å²) < 4.78 is 5.90. The van der Waals surface area contributed by atoms with E-state index in [9.17, 15) is 0 Å². The highest BCUT2D eigenvalue weighted by Gasteiger charge is 2.11. The van der Waals surface area contributed by atoms with Crippen LogP contribution in [-0.2, 0) is 6.42 Å². The molecule has 140 valence electrons. The number of nitrogen functional groups attached to an aromatic ring is 1. The lowest BCUT2D eigenvalue weighted by Gasteiger charge is -2.13. The quantitative estimate of drug-likeness (QED) is 0.576. The van der Waals surface area contributed by atoms with Crippen LogP contribution in [-0.4, -0.2) is 9.97 Å². The van der Waals surface area contributed by atoms with Gasteiger partial charge in [0.2, 0.25) is 5.88 Å². The third kappa shape index (κ3) is 4.97. The summed E-state index contributed by atoms with van der Waals surface area (Å²) in [5.41, 5.74) is 11.1. The van der Waals surface area contributed by atoms with Crippen LogP contribution in [0.15, 0.2) is 48.8 Å². The van der Waals surface area contributed by atoms with Gasteiger partial charge in [-0.15, -0.1) is 0 Å². The molecule has 5 nitrogen and oxygen atoms in total. The van der Waals surface area contributed by atoms with Gasteiger partial charge < -0.3 is 15.8 Å². The van der Waals surface area contributed by atoms with Gasteiger partial charge in [0.05, 0.1) is 0 Å². The molecule has 2 aromatic carbocycles. The van der Waals surface area contributed by atoms with E-state index < -0.39 is 0 Å². The molecule has 3 aromatic rings. The number of aryl methyl sites for hydroxylation is 3. The normalized spacial score (nSPS) is 10.6. The molecule has 0 amide bonds. The van der Waals surface area contributed by atoms with E-state index in [-0.39, 0.29) is 0 Å². The molecule has 27 heavy (non-hydrogen) atoms. The van der Waals surface area contributed by atoms with Gasteiger partial charge in [-0.25, -0.2) is 4.98 Å². The van der Waals surface area contributed by atoms with Crippen LogP contribution in [0.5, 0.6) is 11.6 Å². The van der Waals surface area contributed by atoms with Crippen molar-refractivity contribution in [2.75, 3.05) is 11.1 Å². The first kappa shape index (κ1) is 18.7. The molecular formula is C22H26N4O. The molecule has 0 aliphatic heterocycles. The molecule has 0 unspecified atom stereocenters. The number of anilines is 3. The molecule has 0 saturated heterocycles. The lowest BCUT2D eigenvalue weighted by atomic mass is 10.1. The zero-order chi connectivity index (χ0) is 19.2. The molecule has 0 bridgehead atoms. The molecule has 3 rings (SSSR count). The van der Waals surface area contributed by atoms with Gasteiger partial charge in [0, 0.05) is 5.69 Å². The molecule has 0 fully saturated rings. The standard InChI is InChI=1S/C22H26N4O/c1-4-5-6-17-7-9-18(10-8-17)26-21-20(23)22(25-14-24-21)27-19-12-15(2)11-16(3)13-19/h7-14H,4-6,23H2,1-3H3,(H,24,25,26). The fourth-order valence-electron chi connectivity index (χ4n) is 2.94. The molecule has 0 saturated carbocycles. The lowest BCUT2D eigenvalue weighted by Crippen LogP contribution is -2.03. The van der Waals surface area contributed by atoms with Gasteiger partial charge >= 0.3 is 0 Å². The number of nitrogens with zero attached hydrogens (tertiary/aromatic N) is 2. The van der Waals surface area contributed by atoms with E-state index in [0.717, 1.165) is 23.2 Å². The molecule has 0 radical (unpaired) electrons. The van der Waals surface area contributed by atoms with Crippen molar-refractivity contribution in [2.45, 2.75) is 40.0 Å². The highest BCUT2D eigenvalue weighted by Crippen LogP contribution is 2.31. The van der Waals surface area contributed by atoms with E-state index in [1.165, 1.54) is 24.7 Å². The fraction of sp³-hybridized carbons (Fsp3) is 0.273. The van der Waals surface area contributed by atoms with Crippen LogP contribution in [0.2, 0.25) is 0 Å². The number of unbranched alkanes of at least 4 members (excludes halogenated alkanes) is 1. The fourth-order valence-corrected chi connectivity index (χ4v) is 2.94. The van der Waals surface area contributed by atoms with E-state index in [0.29, 0.717) is 23.1 Å². The van der Waals surface area contributed by atoms with E-state index in [1.807, 2.05) is 38.1 Å². The Morgan fingerprint density at radius 3 is 2.37 bits per heavy atom. The van der Waals surface area contributed by atoms with Crippen molar-refractivity contribution in [3.8, 4) is 11.6 Å². The second kappa shape index (κ2) is 8.54. The maximum Gasteiger partial charge on any atom is 0.248 e. The topological polar surface area (TPSA) is 73.1 Å². The van der Waals surface area contributed by atoms with Crippen LogP contribution < -0.4 is 15.8 Å². The van der Waals surface area contributed by atoms with E-state index in [2.05, 4.69) is 40.4 Å². The van der Waals surface area contributed by atoms with Crippen molar-refractivity contribution < 1.29 is 4.74 Å². The van der Waals surface area contributed by atoms with Crippen molar-refractivity contribution >= 4 is 17.2 Å². The minimum absolute atomic E-state index is 0.345. The Balaban J connectivity index is 1.76. The third-order valence-electron chi connectivity index (χ3n) is 4.29. The summed E-state index contributed by atoms with van der Waals surface area (Å²) >= 11 is 0. The van der Waals surface area contributed by atoms with E-state index in [4.69, 9.17) is 10.5 Å². The van der Waals surface area contributed by atoms with Crippen LogP contribution in [0.1, 0.15) is 36.5 Å². The maximum atomic E-state index is 6.24. The predicted molar refractivity (Wildman–Crippen MR) is 111 cm³/mol. The monoisotopic (exact) mass is 362 g/mol. The summed E-state index contributed by atoms with van der Waals surface area (Å²) in [4.78, 5) is 8.44. The number of nitrogens with one attached hydrogen (secondary N) is 1. The number of benzene rings is 2. The molecule has 1 heterocycles. The van der Waals surface area contributed by atoms with Crippen molar-refractivity contribution in [3.05, 3.63) is 65.5 Å². The number of hydrogen-bond acceptors (Lipinski definition) is 5. The number of aromatic nitrogens is 2. The predicted octanol–water partition coefficient (Wildman–Crippen LogP) is 5.55. The third-order valence-corrected chi connectivity index (χ3v) is 4.29. The molecule has 0 atom stereocenters. The summed E-state index contributed by atoms with van der Waals surface area (Å²) in [6.07, 6.45) is 4.94. The van der Waals surface area contributed by atoms with Gasteiger partial charge in [-0.2, -0.15) is 4.98 Å². The Kier molecular flexibility index (Phi) is 5.91. The van der Waals surface area contributed by atoms with E-state index >= 15 is 0 Å². The van der Waals surface area contributed by atoms with Crippen molar-refractivity contribution in [1.29, 1.82) is 0 Å². The lowest BCUT2D eigenvalue weighted by molar-refractivity contribution is 0.464. The van der Waals surface area contributed by atoms with Crippen LogP contribution in [0.25, 0.3) is 0 Å². The van der Waals surface area contributed by atoms with Gasteiger partial charge in [0.1, 0.15) is 17.8 Å². The average molecular weight is 362 g/mol. The van der Waals surface area contributed by atoms with Crippen LogP contribution in [0.4, 0.5) is 17.2 Å². The first-order valence-corrected chi connectivity index (χ1v) is 9.27. The molecule has 0 aliphatic rings. The van der Waals surface area contributed by atoms with Gasteiger partial charge in [-0.05, 0) is 67.6 Å². The molecule has 1 aromatic heterocycles. The number of rotatable bonds is 7. The second-order valence-electron chi connectivity index (χ2n) is 6.79. The Bertz CT molecular complexity index is 886. The summed E-state index contributed by atoms with van der Waals surface area (Å²) in [7, 11) is 0. The number of nitrogens with two attached hydrogens (primary N) is 1. The highest BCUT2D eigenvalue weighted by atomic mass is 16.5. The largest absolute Gasteiger partial charge is 0.437 e. The molecular weight excluding hydrogens is 336 g/mol. The zero-order valence-corrected chi connectivity index (χ0v) is 16.1. The smallest absolute Gasteiger partial charge is 0.248 e. The van der Waals surface area contributed by atoms with Crippen LogP contribution in [0.3, 0.4) is 0 Å². The van der Waals surface area contributed by atoms with Crippen LogP contribution in [0, 0.1) is 13.8 Å². The van der Waals surface area contributed by atoms with Gasteiger partial charge in [-0.1, -0.05) is 31.5 Å². The Morgan fingerprint density at radius 1 is 1.00 bits per heavy atom.